The van der Waals surface area contributed by atoms with Gasteiger partial charge in [0.25, 0.3) is 0 Å². The molecule has 1 aromatic carbocycles. The molecule has 118 valence electrons. The molecular weight excluding hydrogens is 282 g/mol. The van der Waals surface area contributed by atoms with E-state index in [4.69, 9.17) is 0 Å². The Morgan fingerprint density at radius 3 is 3.17 bits per heavy atom. The molecule has 1 N–H and O–H groups in total. The average molecular weight is 305 g/mol. The van der Waals surface area contributed by atoms with Crippen molar-refractivity contribution in [2.75, 3.05) is 24.5 Å². The van der Waals surface area contributed by atoms with Crippen molar-refractivity contribution in [1.29, 1.82) is 0 Å². The lowest BCUT2D eigenvalue weighted by Crippen LogP contribution is -2.36. The monoisotopic (exact) mass is 305 g/mol. The largest absolute Gasteiger partial charge is 0.367 e. The standard InChI is InChI=1S/C20H23N3/c1-15-7-8-20-17(13-15)18-14-21-10-4-6-19(18)23(20)12-9-16-5-2-3-11-22-16/h5,7-8,11,13,18-19,21H,4,6,9-10,12,14H2,1H3. The van der Waals surface area contributed by atoms with Crippen LogP contribution >= 0.6 is 0 Å². The molecule has 0 spiro atoms. The topological polar surface area (TPSA) is 28.2 Å². The van der Waals surface area contributed by atoms with Crippen molar-refractivity contribution in [3.63, 3.8) is 0 Å². The van der Waals surface area contributed by atoms with E-state index in [2.05, 4.69) is 52.5 Å². The summed E-state index contributed by atoms with van der Waals surface area (Å²) in [6.45, 7) is 5.47. The van der Waals surface area contributed by atoms with Gasteiger partial charge in [0.1, 0.15) is 0 Å². The Hall–Kier alpha value is -2.05. The normalized spacial score (nSPS) is 22.9. The smallest absolute Gasteiger partial charge is 0.0773 e. The minimum atomic E-state index is 0.621. The molecule has 3 heterocycles. The summed E-state index contributed by atoms with van der Waals surface area (Å²) >= 11 is 0. The van der Waals surface area contributed by atoms with E-state index in [9.17, 15) is 0 Å². The van der Waals surface area contributed by atoms with Crippen LogP contribution in [0.5, 0.6) is 0 Å². The highest BCUT2D eigenvalue weighted by atomic mass is 15.2. The van der Waals surface area contributed by atoms with E-state index in [-0.39, 0.29) is 0 Å². The molecule has 0 amide bonds. The van der Waals surface area contributed by atoms with Crippen LogP contribution in [0.2, 0.25) is 0 Å². The summed E-state index contributed by atoms with van der Waals surface area (Å²) in [4.78, 5) is 7.04. The first-order valence-electron chi connectivity index (χ1n) is 8.63. The number of aromatic nitrogens is 1. The van der Waals surface area contributed by atoms with Gasteiger partial charge in [-0.3, -0.25) is 4.98 Å². The van der Waals surface area contributed by atoms with E-state index >= 15 is 0 Å². The molecule has 0 radical (unpaired) electrons. The Kier molecular flexibility index (Phi) is 3.93. The first kappa shape index (κ1) is 14.5. The molecule has 1 fully saturated rings. The number of aryl methyl sites for hydroxylation is 1. The van der Waals surface area contributed by atoms with Crippen molar-refractivity contribution in [1.82, 2.24) is 10.3 Å². The fourth-order valence-corrected chi connectivity index (χ4v) is 4.11. The number of nitrogens with zero attached hydrogens (tertiary/aromatic N) is 2. The molecule has 2 atom stereocenters. The summed E-state index contributed by atoms with van der Waals surface area (Å²) < 4.78 is 0. The van der Waals surface area contributed by atoms with Crippen LogP contribution in [0.15, 0.2) is 30.5 Å². The minimum absolute atomic E-state index is 0.621. The van der Waals surface area contributed by atoms with Crippen molar-refractivity contribution in [3.05, 3.63) is 59.4 Å². The third-order valence-corrected chi connectivity index (χ3v) is 5.20. The van der Waals surface area contributed by atoms with E-state index in [1.807, 2.05) is 6.07 Å². The summed E-state index contributed by atoms with van der Waals surface area (Å²) in [6.07, 6.45) is 5.22. The van der Waals surface area contributed by atoms with Gasteiger partial charge in [0.2, 0.25) is 0 Å². The Morgan fingerprint density at radius 1 is 1.35 bits per heavy atom. The quantitative estimate of drug-likeness (QED) is 0.945. The Balaban J connectivity index is 1.62. The first-order valence-corrected chi connectivity index (χ1v) is 8.63. The van der Waals surface area contributed by atoms with Gasteiger partial charge in [0.15, 0.2) is 0 Å². The van der Waals surface area contributed by atoms with E-state index in [0.717, 1.165) is 31.7 Å². The second-order valence-corrected chi connectivity index (χ2v) is 6.71. The summed E-state index contributed by atoms with van der Waals surface area (Å²) in [5.41, 5.74) is 5.43. The zero-order valence-corrected chi connectivity index (χ0v) is 13.7. The van der Waals surface area contributed by atoms with Crippen LogP contribution < -0.4 is 10.2 Å². The van der Waals surface area contributed by atoms with E-state index < -0.39 is 0 Å². The molecule has 0 aliphatic carbocycles. The summed E-state index contributed by atoms with van der Waals surface area (Å²) in [7, 11) is 0. The minimum Gasteiger partial charge on any atom is -0.367 e. The fourth-order valence-electron chi connectivity index (χ4n) is 4.11. The van der Waals surface area contributed by atoms with Crippen LogP contribution in [0.25, 0.3) is 0 Å². The van der Waals surface area contributed by atoms with Gasteiger partial charge in [-0.2, -0.15) is 0 Å². The molecular formula is C20H23N3. The number of benzene rings is 1. The van der Waals surface area contributed by atoms with Gasteiger partial charge in [-0.25, -0.2) is 0 Å². The van der Waals surface area contributed by atoms with Crippen molar-refractivity contribution in [2.24, 2.45) is 0 Å². The average Bonchev–Trinajstić information content (AvgIpc) is 2.73. The molecule has 1 aromatic heterocycles. The number of rotatable bonds is 3. The maximum Gasteiger partial charge on any atom is 0.0773 e. The van der Waals surface area contributed by atoms with Crippen molar-refractivity contribution >= 4 is 5.69 Å². The second-order valence-electron chi connectivity index (χ2n) is 6.71. The van der Waals surface area contributed by atoms with Crippen LogP contribution in [0.3, 0.4) is 0 Å². The molecule has 3 nitrogen and oxygen atoms in total. The third-order valence-electron chi connectivity index (χ3n) is 5.20. The SMILES string of the molecule is Cc1ccc2c(c1)C1CNCCCC1N2CCc1cc#ccn1. The summed E-state index contributed by atoms with van der Waals surface area (Å²) in [5.74, 6) is 0.621. The van der Waals surface area contributed by atoms with Gasteiger partial charge >= 0.3 is 0 Å². The highest BCUT2D eigenvalue weighted by Gasteiger charge is 2.38. The van der Waals surface area contributed by atoms with Crippen molar-refractivity contribution < 1.29 is 0 Å². The highest BCUT2D eigenvalue weighted by Crippen LogP contribution is 2.43. The molecule has 3 heteroatoms. The zero-order chi connectivity index (χ0) is 15.6. The molecule has 0 bridgehead atoms. The molecule has 1 saturated heterocycles. The molecule has 2 aromatic rings. The second kappa shape index (κ2) is 6.22. The number of anilines is 1. The molecule has 2 aliphatic heterocycles. The zero-order valence-electron chi connectivity index (χ0n) is 13.7. The Morgan fingerprint density at radius 2 is 2.30 bits per heavy atom. The molecule has 0 saturated carbocycles. The van der Waals surface area contributed by atoms with Crippen molar-refractivity contribution in [2.45, 2.75) is 38.1 Å². The predicted molar refractivity (Wildman–Crippen MR) is 92.8 cm³/mol. The van der Waals surface area contributed by atoms with Gasteiger partial charge in [0, 0.05) is 43.2 Å². The van der Waals surface area contributed by atoms with E-state index in [1.165, 1.54) is 29.7 Å². The first-order chi connectivity index (χ1) is 11.3. The molecule has 2 aliphatic rings. The van der Waals surface area contributed by atoms with Gasteiger partial charge in [-0.15, -0.1) is 0 Å². The number of hydrogen-bond donors (Lipinski definition) is 1. The lowest BCUT2D eigenvalue weighted by atomic mass is 9.92. The van der Waals surface area contributed by atoms with Crippen LogP contribution in [0.4, 0.5) is 5.69 Å². The fraction of sp³-hybridized carbons (Fsp3) is 0.450. The van der Waals surface area contributed by atoms with Crippen LogP contribution in [0.1, 0.15) is 35.6 Å². The van der Waals surface area contributed by atoms with E-state index in [1.54, 1.807) is 6.20 Å². The van der Waals surface area contributed by atoms with Crippen LogP contribution in [-0.4, -0.2) is 30.7 Å². The summed E-state index contributed by atoms with van der Waals surface area (Å²) in [6, 6.07) is 15.4. The molecule has 2 unspecified atom stereocenters. The highest BCUT2D eigenvalue weighted by molar-refractivity contribution is 5.63. The van der Waals surface area contributed by atoms with Crippen molar-refractivity contribution in [3.8, 4) is 0 Å². The molecule has 4 rings (SSSR count). The lowest BCUT2D eigenvalue weighted by molar-refractivity contribution is 0.511. The maximum atomic E-state index is 4.41. The predicted octanol–water partition coefficient (Wildman–Crippen LogP) is 2.89. The Bertz CT molecular complexity index is 668. The van der Waals surface area contributed by atoms with Gasteiger partial charge in [0.05, 0.1) is 11.9 Å². The van der Waals surface area contributed by atoms with Crippen LogP contribution in [-0.2, 0) is 6.42 Å². The Labute approximate surface area is 138 Å². The van der Waals surface area contributed by atoms with E-state index in [0.29, 0.717) is 12.0 Å². The van der Waals surface area contributed by atoms with Gasteiger partial charge in [-0.05, 0) is 37.9 Å². The number of fused-ring (bicyclic) bond motifs is 3. The lowest BCUT2D eigenvalue weighted by Gasteiger charge is -2.29. The third kappa shape index (κ3) is 2.80. The van der Waals surface area contributed by atoms with Gasteiger partial charge in [-0.1, -0.05) is 29.8 Å². The molecule has 23 heavy (non-hydrogen) atoms. The van der Waals surface area contributed by atoms with Gasteiger partial charge < -0.3 is 10.2 Å². The summed E-state index contributed by atoms with van der Waals surface area (Å²) in [5, 5.41) is 3.63. The maximum absolute atomic E-state index is 4.41. The van der Waals surface area contributed by atoms with Crippen LogP contribution in [0, 0.1) is 19.1 Å². The number of nitrogens with one attached hydrogen (secondary N) is 1. The number of hydrogen-bond acceptors (Lipinski definition) is 3.